The van der Waals surface area contributed by atoms with E-state index in [-0.39, 0.29) is 11.9 Å². The molecular weight excluding hydrogens is 421 g/mol. The monoisotopic (exact) mass is 451 g/mol. The van der Waals surface area contributed by atoms with E-state index in [1.165, 1.54) is 17.0 Å². The molecule has 2 aromatic rings. The van der Waals surface area contributed by atoms with E-state index in [1.54, 1.807) is 30.3 Å². The molecule has 0 aliphatic carbocycles. The molecule has 1 saturated heterocycles. The highest BCUT2D eigenvalue weighted by Gasteiger charge is 2.44. The number of rotatable bonds is 7. The lowest BCUT2D eigenvalue weighted by Gasteiger charge is -2.36. The Hall–Kier alpha value is -3.19. The van der Waals surface area contributed by atoms with Crippen LogP contribution in [0.25, 0.3) is 5.57 Å². The number of piperidine rings is 1. The summed E-state index contributed by atoms with van der Waals surface area (Å²) in [5, 5.41) is 0. The van der Waals surface area contributed by atoms with Gasteiger partial charge in [0.05, 0.1) is 17.9 Å². The van der Waals surface area contributed by atoms with Crippen LogP contribution >= 0.6 is 0 Å². The fraction of sp³-hybridized carbons (Fsp3) is 0.385. The van der Waals surface area contributed by atoms with Crippen LogP contribution in [0.4, 0.5) is 10.1 Å². The van der Waals surface area contributed by atoms with Crippen molar-refractivity contribution in [3.63, 3.8) is 0 Å². The van der Waals surface area contributed by atoms with Gasteiger partial charge in [-0.1, -0.05) is 31.2 Å². The van der Waals surface area contributed by atoms with E-state index in [1.807, 2.05) is 24.9 Å². The first-order valence-corrected chi connectivity index (χ1v) is 11.4. The molecule has 0 saturated carbocycles. The molecule has 2 heterocycles. The Morgan fingerprint density at radius 1 is 1.03 bits per heavy atom. The number of imide groups is 1. The Morgan fingerprint density at radius 3 is 2.36 bits per heavy atom. The van der Waals surface area contributed by atoms with Crippen LogP contribution in [0, 0.1) is 5.82 Å². The lowest BCUT2D eigenvalue weighted by molar-refractivity contribution is -0.120. The third-order valence-corrected chi connectivity index (χ3v) is 6.35. The number of para-hydroxylation sites is 2. The minimum Gasteiger partial charge on any atom is -0.491 e. The van der Waals surface area contributed by atoms with Crippen molar-refractivity contribution in [3.05, 3.63) is 65.6 Å². The summed E-state index contributed by atoms with van der Waals surface area (Å²) in [5.41, 5.74) is 1.60. The summed E-state index contributed by atoms with van der Waals surface area (Å²) < 4.78 is 19.5. The molecule has 174 valence electrons. The van der Waals surface area contributed by atoms with Crippen molar-refractivity contribution >= 4 is 23.1 Å². The van der Waals surface area contributed by atoms with Gasteiger partial charge in [0, 0.05) is 13.1 Å². The summed E-state index contributed by atoms with van der Waals surface area (Å²) in [6.45, 7) is 4.33. The Bertz CT molecular complexity index is 1060. The predicted octanol–water partition coefficient (Wildman–Crippen LogP) is 3.93. The highest BCUT2D eigenvalue weighted by atomic mass is 19.1. The molecule has 0 aromatic heterocycles. The van der Waals surface area contributed by atoms with Crippen LogP contribution in [0.5, 0.6) is 5.75 Å². The average Bonchev–Trinajstić information content (AvgIpc) is 3.08. The maximum atomic E-state index is 13.8. The van der Waals surface area contributed by atoms with Crippen molar-refractivity contribution in [1.82, 2.24) is 9.80 Å². The summed E-state index contributed by atoms with van der Waals surface area (Å²) in [4.78, 5) is 33.0. The van der Waals surface area contributed by atoms with Crippen molar-refractivity contribution in [1.29, 1.82) is 0 Å². The molecule has 7 heteroatoms. The number of halogens is 1. The molecule has 4 rings (SSSR count). The summed E-state index contributed by atoms with van der Waals surface area (Å²) in [6.07, 6.45) is 2.59. The van der Waals surface area contributed by atoms with Crippen LogP contribution in [-0.2, 0) is 9.59 Å². The standard InChI is InChI=1S/C26H30FN3O3/c1-4-17-33-22-8-6-5-7-21(22)30-25(31)23(18-9-11-19(27)12-10-18)24(26(30)32)29(3)20-13-15-28(2)16-14-20/h5-12,20H,4,13-17H2,1-3H3. The highest BCUT2D eigenvalue weighted by Crippen LogP contribution is 2.39. The number of likely N-dealkylation sites (N-methyl/N-ethyl adjacent to an activating group) is 1. The lowest BCUT2D eigenvalue weighted by atomic mass is 10.00. The average molecular weight is 452 g/mol. The first-order valence-electron chi connectivity index (χ1n) is 11.4. The van der Waals surface area contributed by atoms with Gasteiger partial charge in [-0.2, -0.15) is 0 Å². The molecule has 6 nitrogen and oxygen atoms in total. The summed E-state index contributed by atoms with van der Waals surface area (Å²) in [6, 6.07) is 13.0. The van der Waals surface area contributed by atoms with Crippen LogP contribution in [0.15, 0.2) is 54.2 Å². The Balaban J connectivity index is 1.77. The van der Waals surface area contributed by atoms with Gasteiger partial charge in [0.2, 0.25) is 0 Å². The van der Waals surface area contributed by atoms with Crippen molar-refractivity contribution in [3.8, 4) is 5.75 Å². The van der Waals surface area contributed by atoms with Crippen molar-refractivity contribution in [2.45, 2.75) is 32.2 Å². The fourth-order valence-electron chi connectivity index (χ4n) is 4.48. The second kappa shape index (κ2) is 9.75. The minimum atomic E-state index is -0.422. The van der Waals surface area contributed by atoms with Gasteiger partial charge in [0.15, 0.2) is 0 Å². The number of likely N-dealkylation sites (tertiary alicyclic amines) is 1. The molecule has 2 amide bonds. The zero-order chi connectivity index (χ0) is 23.5. The van der Waals surface area contributed by atoms with Crippen LogP contribution < -0.4 is 9.64 Å². The second-order valence-electron chi connectivity index (χ2n) is 8.64. The number of hydrogen-bond acceptors (Lipinski definition) is 5. The molecule has 2 aliphatic rings. The number of hydrogen-bond donors (Lipinski definition) is 0. The normalized spacial score (nSPS) is 17.8. The largest absolute Gasteiger partial charge is 0.491 e. The summed E-state index contributed by atoms with van der Waals surface area (Å²) >= 11 is 0. The Labute approximate surface area is 194 Å². The van der Waals surface area contributed by atoms with E-state index in [0.717, 1.165) is 32.4 Å². The van der Waals surface area contributed by atoms with Crippen molar-refractivity contribution < 1.29 is 18.7 Å². The van der Waals surface area contributed by atoms with E-state index in [4.69, 9.17) is 4.74 Å². The third-order valence-electron chi connectivity index (χ3n) is 6.35. The number of ether oxygens (including phenoxy) is 1. The van der Waals surface area contributed by atoms with Crippen molar-refractivity contribution in [2.75, 3.05) is 38.7 Å². The maximum absolute atomic E-state index is 13.8. The zero-order valence-corrected chi connectivity index (χ0v) is 19.4. The maximum Gasteiger partial charge on any atom is 0.282 e. The van der Waals surface area contributed by atoms with E-state index >= 15 is 0 Å². The van der Waals surface area contributed by atoms with Crippen LogP contribution in [0.3, 0.4) is 0 Å². The SMILES string of the molecule is CCCOc1ccccc1N1C(=O)C(c2ccc(F)cc2)=C(N(C)C2CCN(C)CC2)C1=O. The lowest BCUT2D eigenvalue weighted by Crippen LogP contribution is -2.43. The highest BCUT2D eigenvalue weighted by molar-refractivity contribution is 6.45. The molecular formula is C26H30FN3O3. The van der Waals surface area contributed by atoms with E-state index in [9.17, 15) is 14.0 Å². The number of carbonyl (C=O) groups excluding carboxylic acids is 2. The molecule has 0 N–H and O–H groups in total. The number of nitrogens with zero attached hydrogens (tertiary/aromatic N) is 3. The van der Waals surface area contributed by atoms with E-state index < -0.39 is 11.7 Å². The van der Waals surface area contributed by atoms with E-state index in [0.29, 0.717) is 34.9 Å². The molecule has 0 spiro atoms. The fourth-order valence-corrected chi connectivity index (χ4v) is 4.48. The first-order chi connectivity index (χ1) is 15.9. The van der Waals surface area contributed by atoms with Crippen LogP contribution in [0.2, 0.25) is 0 Å². The summed E-state index contributed by atoms with van der Waals surface area (Å²) in [7, 11) is 3.96. The molecule has 1 fully saturated rings. The number of benzene rings is 2. The predicted molar refractivity (Wildman–Crippen MR) is 126 cm³/mol. The zero-order valence-electron chi connectivity index (χ0n) is 19.4. The van der Waals surface area contributed by atoms with Gasteiger partial charge in [0.1, 0.15) is 17.3 Å². The second-order valence-corrected chi connectivity index (χ2v) is 8.64. The molecule has 0 bridgehead atoms. The Morgan fingerprint density at radius 2 is 1.70 bits per heavy atom. The van der Waals surface area contributed by atoms with Gasteiger partial charge in [-0.15, -0.1) is 0 Å². The molecule has 0 radical (unpaired) electrons. The molecule has 0 atom stereocenters. The summed E-state index contributed by atoms with van der Waals surface area (Å²) in [5.74, 6) is -0.707. The van der Waals surface area contributed by atoms with Crippen LogP contribution in [0.1, 0.15) is 31.7 Å². The first kappa shape index (κ1) is 23.0. The van der Waals surface area contributed by atoms with Crippen molar-refractivity contribution in [2.24, 2.45) is 0 Å². The van der Waals surface area contributed by atoms with Crippen LogP contribution in [-0.4, -0.2) is 61.4 Å². The molecule has 0 unspecified atom stereocenters. The number of amides is 2. The smallest absolute Gasteiger partial charge is 0.282 e. The van der Waals surface area contributed by atoms with Gasteiger partial charge < -0.3 is 14.5 Å². The number of anilines is 1. The van der Waals surface area contributed by atoms with Gasteiger partial charge in [0.25, 0.3) is 11.8 Å². The van der Waals surface area contributed by atoms with Gasteiger partial charge in [-0.25, -0.2) is 9.29 Å². The minimum absolute atomic E-state index is 0.134. The molecule has 33 heavy (non-hydrogen) atoms. The molecule has 2 aromatic carbocycles. The Kier molecular flexibility index (Phi) is 6.79. The van der Waals surface area contributed by atoms with E-state index in [2.05, 4.69) is 11.9 Å². The molecule has 2 aliphatic heterocycles. The van der Waals surface area contributed by atoms with Gasteiger partial charge in [-0.05, 0) is 69.2 Å². The van der Waals surface area contributed by atoms with Gasteiger partial charge in [-0.3, -0.25) is 9.59 Å². The number of carbonyl (C=O) groups is 2. The quantitative estimate of drug-likeness (QED) is 0.597. The topological polar surface area (TPSA) is 53.1 Å². The third kappa shape index (κ3) is 4.50. The van der Waals surface area contributed by atoms with Gasteiger partial charge >= 0.3 is 0 Å².